The summed E-state index contributed by atoms with van der Waals surface area (Å²) in [6.07, 6.45) is 7.47. The zero-order valence-corrected chi connectivity index (χ0v) is 23.1. The lowest BCUT2D eigenvalue weighted by Gasteiger charge is -2.34. The molecule has 182 valence electrons. The Morgan fingerprint density at radius 2 is 1.97 bits per heavy atom. The van der Waals surface area contributed by atoms with Crippen LogP contribution in [0.15, 0.2) is 87.8 Å². The highest BCUT2D eigenvalue weighted by Crippen LogP contribution is 2.50. The molecule has 6 heteroatoms. The van der Waals surface area contributed by atoms with Crippen LogP contribution in [0, 0.1) is 5.41 Å². The summed E-state index contributed by atoms with van der Waals surface area (Å²) < 4.78 is 0. The standard InChI is InChI=1S/C29H30Cl2N2S2/c1-4-13-29(16-20-8-5-6-9-21(20)28(29)32)14-12-18(2)23-15-19(3)27(34)25(17-33-23)35-24-11-7-10-22(30)26(24)31/h5-11,17,28H,2-4,12-16,32H2,1H3/t28-,29?/m1/s1. The molecule has 1 heterocycles. The summed E-state index contributed by atoms with van der Waals surface area (Å²) in [5, 5.41) is 1.03. The van der Waals surface area contributed by atoms with E-state index in [1.165, 1.54) is 22.9 Å². The van der Waals surface area contributed by atoms with Crippen molar-refractivity contribution in [3.05, 3.63) is 99.0 Å². The monoisotopic (exact) mass is 540 g/mol. The average molecular weight is 542 g/mol. The number of rotatable bonds is 8. The van der Waals surface area contributed by atoms with Crippen LogP contribution in [0.1, 0.15) is 56.2 Å². The van der Waals surface area contributed by atoms with Gasteiger partial charge in [0.15, 0.2) is 0 Å². The van der Waals surface area contributed by atoms with Gasteiger partial charge in [-0.1, -0.05) is 104 Å². The third-order valence-corrected chi connectivity index (χ3v) is 9.73. The van der Waals surface area contributed by atoms with E-state index in [9.17, 15) is 0 Å². The highest BCUT2D eigenvalue weighted by molar-refractivity contribution is 8.05. The molecule has 1 unspecified atom stereocenters. The number of thioether (sulfide) groups is 1. The molecular weight excluding hydrogens is 511 g/mol. The maximum absolute atomic E-state index is 6.83. The van der Waals surface area contributed by atoms with Crippen LogP contribution in [-0.2, 0) is 6.42 Å². The number of hydrogen-bond donors (Lipinski definition) is 1. The van der Waals surface area contributed by atoms with Crippen molar-refractivity contribution in [2.75, 3.05) is 0 Å². The van der Waals surface area contributed by atoms with Crippen molar-refractivity contribution in [1.82, 2.24) is 0 Å². The number of halogens is 2. The fraction of sp³-hybridized carbons (Fsp3) is 0.310. The second-order valence-electron chi connectivity index (χ2n) is 9.40. The predicted octanol–water partition coefficient (Wildman–Crippen LogP) is 9.08. The van der Waals surface area contributed by atoms with Gasteiger partial charge in [-0.3, -0.25) is 4.99 Å². The predicted molar refractivity (Wildman–Crippen MR) is 157 cm³/mol. The highest BCUT2D eigenvalue weighted by Gasteiger charge is 2.43. The lowest BCUT2D eigenvalue weighted by atomic mass is 9.73. The summed E-state index contributed by atoms with van der Waals surface area (Å²) >= 11 is 19.8. The minimum atomic E-state index is 0.0513. The van der Waals surface area contributed by atoms with Gasteiger partial charge in [-0.25, -0.2) is 0 Å². The lowest BCUT2D eigenvalue weighted by Crippen LogP contribution is -2.32. The van der Waals surface area contributed by atoms with Crippen molar-refractivity contribution in [1.29, 1.82) is 0 Å². The van der Waals surface area contributed by atoms with Crippen LogP contribution in [0.25, 0.3) is 0 Å². The first-order chi connectivity index (χ1) is 16.8. The van der Waals surface area contributed by atoms with Crippen LogP contribution in [0.4, 0.5) is 0 Å². The smallest absolute Gasteiger partial charge is 0.0731 e. The van der Waals surface area contributed by atoms with Crippen molar-refractivity contribution < 1.29 is 0 Å². The molecule has 35 heavy (non-hydrogen) atoms. The summed E-state index contributed by atoms with van der Waals surface area (Å²) in [4.78, 5) is 7.19. The summed E-state index contributed by atoms with van der Waals surface area (Å²) in [5.74, 6) is 0. The van der Waals surface area contributed by atoms with Crippen molar-refractivity contribution in [2.45, 2.75) is 56.4 Å². The molecule has 0 amide bonds. The molecule has 0 fully saturated rings. The molecule has 2 N–H and O–H groups in total. The third kappa shape index (κ3) is 5.52. The molecule has 0 saturated heterocycles. The minimum absolute atomic E-state index is 0.0513. The number of aliphatic imine (C=N–C) groups is 1. The summed E-state index contributed by atoms with van der Waals surface area (Å²) in [7, 11) is 0. The van der Waals surface area contributed by atoms with Crippen LogP contribution in [0.5, 0.6) is 0 Å². The average Bonchev–Trinajstić information content (AvgIpc) is 3.04. The maximum atomic E-state index is 6.83. The summed E-state index contributed by atoms with van der Waals surface area (Å²) in [5.41, 5.74) is 12.4. The number of hydrogen-bond acceptors (Lipinski definition) is 4. The van der Waals surface area contributed by atoms with Crippen molar-refractivity contribution >= 4 is 57.8 Å². The van der Waals surface area contributed by atoms with Gasteiger partial charge >= 0.3 is 0 Å². The largest absolute Gasteiger partial charge is 0.323 e. The van der Waals surface area contributed by atoms with Crippen LogP contribution in [-0.4, -0.2) is 10.6 Å². The second kappa shape index (κ2) is 11.1. The summed E-state index contributed by atoms with van der Waals surface area (Å²) in [6.45, 7) is 10.9. The molecule has 0 radical (unpaired) electrons. The Hall–Kier alpha value is -1.69. The van der Waals surface area contributed by atoms with Gasteiger partial charge in [0, 0.05) is 34.2 Å². The molecule has 2 aromatic rings. The number of allylic oxidation sites excluding steroid dienone is 3. The Morgan fingerprint density at radius 1 is 1.20 bits per heavy atom. The van der Waals surface area contributed by atoms with Gasteiger partial charge in [0.25, 0.3) is 0 Å². The van der Waals surface area contributed by atoms with Crippen LogP contribution >= 0.6 is 47.2 Å². The molecule has 1 aliphatic carbocycles. The quantitative estimate of drug-likeness (QED) is 0.268. The number of benzene rings is 2. The first-order valence-corrected chi connectivity index (χ1v) is 13.9. The van der Waals surface area contributed by atoms with Crippen LogP contribution < -0.4 is 5.73 Å². The molecule has 0 bridgehead atoms. The molecule has 2 nitrogen and oxygen atoms in total. The Balaban J connectivity index is 1.51. The van der Waals surface area contributed by atoms with Crippen molar-refractivity contribution in [3.8, 4) is 0 Å². The van der Waals surface area contributed by atoms with E-state index >= 15 is 0 Å². The Kier molecular flexibility index (Phi) is 8.40. The molecular formula is C29H30Cl2N2S2. The zero-order chi connectivity index (χ0) is 25.2. The fourth-order valence-corrected chi connectivity index (χ4v) is 6.79. The number of nitrogens with zero attached hydrogens (tertiary/aromatic N) is 1. The zero-order valence-electron chi connectivity index (χ0n) is 19.9. The fourth-order valence-electron chi connectivity index (χ4n) is 5.14. The highest BCUT2D eigenvalue weighted by atomic mass is 35.5. The van der Waals surface area contributed by atoms with E-state index in [1.807, 2.05) is 18.3 Å². The van der Waals surface area contributed by atoms with Gasteiger partial charge in [-0.15, -0.1) is 0 Å². The van der Waals surface area contributed by atoms with E-state index in [1.54, 1.807) is 6.07 Å². The molecule has 2 atom stereocenters. The minimum Gasteiger partial charge on any atom is -0.323 e. The maximum Gasteiger partial charge on any atom is 0.0731 e. The van der Waals surface area contributed by atoms with Gasteiger partial charge in [0.2, 0.25) is 0 Å². The Labute approximate surface area is 228 Å². The molecule has 0 spiro atoms. The number of fused-ring (bicyclic) bond motifs is 1. The molecule has 2 aromatic carbocycles. The first kappa shape index (κ1) is 26.4. The molecule has 1 aliphatic heterocycles. The number of thiocarbonyl (C=S) groups is 1. The lowest BCUT2D eigenvalue weighted by molar-refractivity contribution is 0.204. The first-order valence-electron chi connectivity index (χ1n) is 11.9. The van der Waals surface area contributed by atoms with E-state index in [-0.39, 0.29) is 11.5 Å². The van der Waals surface area contributed by atoms with Crippen molar-refractivity contribution in [3.63, 3.8) is 0 Å². The molecule has 2 aliphatic rings. The normalized spacial score (nSPS) is 21.9. The van der Waals surface area contributed by atoms with E-state index in [2.05, 4.69) is 44.3 Å². The van der Waals surface area contributed by atoms with E-state index in [4.69, 9.17) is 46.1 Å². The second-order valence-corrected chi connectivity index (χ2v) is 11.7. The third-order valence-electron chi connectivity index (χ3n) is 7.07. The Morgan fingerprint density at radius 3 is 2.71 bits per heavy atom. The topological polar surface area (TPSA) is 38.4 Å². The summed E-state index contributed by atoms with van der Waals surface area (Å²) in [6, 6.07) is 14.2. The molecule has 0 saturated carbocycles. The molecule has 0 aromatic heterocycles. The van der Waals surface area contributed by atoms with Crippen LogP contribution in [0.3, 0.4) is 0 Å². The van der Waals surface area contributed by atoms with E-state index < -0.39 is 0 Å². The number of nitrogens with two attached hydrogens (primary N) is 1. The van der Waals surface area contributed by atoms with Crippen molar-refractivity contribution in [2.24, 2.45) is 16.1 Å². The van der Waals surface area contributed by atoms with Gasteiger partial charge in [0.05, 0.1) is 14.9 Å². The van der Waals surface area contributed by atoms with Gasteiger partial charge in [0.1, 0.15) is 0 Å². The van der Waals surface area contributed by atoms with Gasteiger partial charge in [-0.2, -0.15) is 0 Å². The van der Waals surface area contributed by atoms with E-state index in [0.717, 1.165) is 58.8 Å². The van der Waals surface area contributed by atoms with E-state index in [0.29, 0.717) is 21.3 Å². The van der Waals surface area contributed by atoms with Crippen LogP contribution in [0.2, 0.25) is 10.0 Å². The Bertz CT molecular complexity index is 1250. The van der Waals surface area contributed by atoms with Gasteiger partial charge < -0.3 is 5.73 Å². The van der Waals surface area contributed by atoms with Gasteiger partial charge in [-0.05, 0) is 65.5 Å². The SMILES string of the molecule is C=C1CC(C(=C)CCC2(CCC)Cc3ccccc3[C@H]2N)=NC=C(Sc2cccc(Cl)c2Cl)C1=S. The molecule has 4 rings (SSSR count).